The number of hydrogen-bond acceptors (Lipinski definition) is 5. The van der Waals surface area contributed by atoms with Crippen LogP contribution in [0, 0.1) is 11.3 Å². The van der Waals surface area contributed by atoms with Crippen LogP contribution in [-0.4, -0.2) is 19.2 Å². The van der Waals surface area contributed by atoms with E-state index in [1.165, 1.54) is 20.1 Å². The maximum atomic E-state index is 11.9. The minimum Gasteiger partial charge on any atom is -0.493 e. The molecule has 1 atom stereocenters. The Kier molecular flexibility index (Phi) is 6.05. The molecule has 0 aliphatic heterocycles. The molecule has 2 rings (SSSR count). The van der Waals surface area contributed by atoms with Crippen LogP contribution in [0.1, 0.15) is 22.8 Å². The molecule has 0 aromatic heterocycles. The Bertz CT molecular complexity index is 753. The van der Waals surface area contributed by atoms with Crippen molar-refractivity contribution in [3.05, 3.63) is 58.6 Å². The van der Waals surface area contributed by atoms with E-state index in [1.54, 1.807) is 24.3 Å². The number of nitriles is 1. The number of nitrogens with zero attached hydrogens (tertiary/aromatic N) is 1. The molecular formula is C18H16ClNO4. The molecule has 0 radical (unpaired) electrons. The Labute approximate surface area is 145 Å². The number of methoxy groups -OCH3 is 1. The number of rotatable bonds is 6. The van der Waals surface area contributed by atoms with Crippen LogP contribution in [0.4, 0.5) is 0 Å². The molecule has 6 heteroatoms. The highest BCUT2D eigenvalue weighted by molar-refractivity contribution is 6.30. The molecule has 2 aromatic carbocycles. The van der Waals surface area contributed by atoms with E-state index in [1.807, 2.05) is 18.2 Å². The summed E-state index contributed by atoms with van der Waals surface area (Å²) >= 11 is 5.85. The summed E-state index contributed by atoms with van der Waals surface area (Å²) in [6, 6.07) is 13.8. The average molecular weight is 346 g/mol. The highest BCUT2D eigenvalue weighted by atomic mass is 35.5. The zero-order valence-electron chi connectivity index (χ0n) is 13.3. The maximum absolute atomic E-state index is 11.9. The van der Waals surface area contributed by atoms with Gasteiger partial charge in [-0.2, -0.15) is 5.26 Å². The van der Waals surface area contributed by atoms with E-state index in [-0.39, 0.29) is 5.56 Å². The van der Waals surface area contributed by atoms with Crippen LogP contribution in [0.25, 0.3) is 0 Å². The molecule has 0 N–H and O–H groups in total. The van der Waals surface area contributed by atoms with Gasteiger partial charge in [0.25, 0.3) is 0 Å². The van der Waals surface area contributed by atoms with Gasteiger partial charge in [-0.3, -0.25) is 0 Å². The van der Waals surface area contributed by atoms with Crippen LogP contribution in [0.3, 0.4) is 0 Å². The van der Waals surface area contributed by atoms with Crippen molar-refractivity contribution in [2.45, 2.75) is 19.6 Å². The Balaban J connectivity index is 2.09. The topological polar surface area (TPSA) is 68.5 Å². The minimum absolute atomic E-state index is 0.285. The third-order valence-electron chi connectivity index (χ3n) is 3.17. The lowest BCUT2D eigenvalue weighted by molar-refractivity contribution is 0.0435. The van der Waals surface area contributed by atoms with Gasteiger partial charge in [0.1, 0.15) is 12.7 Å². The van der Waals surface area contributed by atoms with E-state index in [0.717, 1.165) is 5.56 Å². The molecule has 0 spiro atoms. The van der Waals surface area contributed by atoms with Crippen molar-refractivity contribution >= 4 is 17.6 Å². The molecule has 0 fully saturated rings. The summed E-state index contributed by atoms with van der Waals surface area (Å²) in [5.74, 6) is 0.312. The first-order valence-corrected chi connectivity index (χ1v) is 7.57. The van der Waals surface area contributed by atoms with Gasteiger partial charge in [0, 0.05) is 5.02 Å². The molecule has 2 aromatic rings. The third kappa shape index (κ3) is 4.64. The van der Waals surface area contributed by atoms with Crippen molar-refractivity contribution in [3.8, 4) is 17.6 Å². The molecule has 0 saturated heterocycles. The number of carbonyl (C=O) groups is 1. The number of esters is 1. The molecule has 0 heterocycles. The molecule has 1 unspecified atom stereocenters. The number of ether oxygens (including phenoxy) is 3. The Morgan fingerprint density at radius 2 is 1.92 bits per heavy atom. The van der Waals surface area contributed by atoms with Crippen molar-refractivity contribution in [1.29, 1.82) is 5.26 Å². The second kappa shape index (κ2) is 8.23. The largest absolute Gasteiger partial charge is 0.493 e. The molecule has 0 saturated carbocycles. The third-order valence-corrected chi connectivity index (χ3v) is 3.42. The Morgan fingerprint density at radius 1 is 1.21 bits per heavy atom. The summed E-state index contributed by atoms with van der Waals surface area (Å²) in [5, 5.41) is 9.35. The predicted molar refractivity (Wildman–Crippen MR) is 89.3 cm³/mol. The molecule has 0 aliphatic carbocycles. The van der Waals surface area contributed by atoms with E-state index < -0.39 is 12.1 Å². The van der Waals surface area contributed by atoms with Crippen molar-refractivity contribution in [1.82, 2.24) is 0 Å². The van der Waals surface area contributed by atoms with Gasteiger partial charge >= 0.3 is 5.97 Å². The lowest BCUT2D eigenvalue weighted by atomic mass is 10.2. The van der Waals surface area contributed by atoms with Crippen molar-refractivity contribution in [2.75, 3.05) is 7.11 Å². The molecule has 5 nitrogen and oxygen atoms in total. The summed E-state index contributed by atoms with van der Waals surface area (Å²) in [5.41, 5.74) is 1.24. The first kappa shape index (κ1) is 17.6. The Hall–Kier alpha value is -2.71. The van der Waals surface area contributed by atoms with Gasteiger partial charge < -0.3 is 14.2 Å². The molecular weight excluding hydrogens is 330 g/mol. The predicted octanol–water partition coefficient (Wildman–Crippen LogP) is 4.00. The van der Waals surface area contributed by atoms with E-state index in [0.29, 0.717) is 23.1 Å². The number of hydrogen-bond donors (Lipinski definition) is 0. The summed E-state index contributed by atoms with van der Waals surface area (Å²) < 4.78 is 15.9. The second-order valence-corrected chi connectivity index (χ2v) is 5.39. The van der Waals surface area contributed by atoms with E-state index in [4.69, 9.17) is 31.1 Å². The molecule has 24 heavy (non-hydrogen) atoms. The molecule has 0 aliphatic rings. The van der Waals surface area contributed by atoms with E-state index in [2.05, 4.69) is 0 Å². The van der Waals surface area contributed by atoms with E-state index >= 15 is 0 Å². The SMILES string of the molecule is COc1cc(C(=O)OC(C)C#N)ccc1OCc1ccc(Cl)cc1. The van der Waals surface area contributed by atoms with Crippen LogP contribution >= 0.6 is 11.6 Å². The normalized spacial score (nSPS) is 11.2. The number of benzene rings is 2. The average Bonchev–Trinajstić information content (AvgIpc) is 2.60. The highest BCUT2D eigenvalue weighted by Crippen LogP contribution is 2.29. The lowest BCUT2D eigenvalue weighted by Gasteiger charge is -2.12. The monoisotopic (exact) mass is 345 g/mol. The first-order chi connectivity index (χ1) is 11.5. The summed E-state index contributed by atoms with van der Waals surface area (Å²) in [4.78, 5) is 11.9. The van der Waals surface area contributed by atoms with Gasteiger partial charge in [-0.05, 0) is 42.8 Å². The van der Waals surface area contributed by atoms with Gasteiger partial charge in [0.2, 0.25) is 0 Å². The number of halogens is 1. The molecule has 124 valence electrons. The van der Waals surface area contributed by atoms with Crippen LogP contribution < -0.4 is 9.47 Å². The smallest absolute Gasteiger partial charge is 0.339 e. The van der Waals surface area contributed by atoms with Gasteiger partial charge in [-0.15, -0.1) is 0 Å². The van der Waals surface area contributed by atoms with Crippen LogP contribution in [0.15, 0.2) is 42.5 Å². The zero-order valence-corrected chi connectivity index (χ0v) is 14.0. The summed E-state index contributed by atoms with van der Waals surface area (Å²) in [6.45, 7) is 1.83. The van der Waals surface area contributed by atoms with Gasteiger partial charge in [-0.1, -0.05) is 23.7 Å². The minimum atomic E-state index is -0.815. The standard InChI is InChI=1S/C18H16ClNO4/c1-12(10-20)24-18(21)14-5-8-16(17(9-14)22-2)23-11-13-3-6-15(19)7-4-13/h3-9,12H,11H2,1-2H3. The van der Waals surface area contributed by atoms with Gasteiger partial charge in [-0.25, -0.2) is 4.79 Å². The fourth-order valence-electron chi connectivity index (χ4n) is 1.91. The lowest BCUT2D eigenvalue weighted by Crippen LogP contribution is -2.13. The van der Waals surface area contributed by atoms with Gasteiger partial charge in [0.15, 0.2) is 17.6 Å². The summed E-state index contributed by atoms with van der Waals surface area (Å²) in [6.07, 6.45) is -0.815. The fraction of sp³-hybridized carbons (Fsp3) is 0.222. The Morgan fingerprint density at radius 3 is 2.54 bits per heavy atom. The van der Waals surface area contributed by atoms with Gasteiger partial charge in [0.05, 0.1) is 12.7 Å². The van der Waals surface area contributed by atoms with Crippen LogP contribution in [0.5, 0.6) is 11.5 Å². The van der Waals surface area contributed by atoms with E-state index in [9.17, 15) is 4.79 Å². The zero-order chi connectivity index (χ0) is 17.5. The summed E-state index contributed by atoms with van der Waals surface area (Å²) in [7, 11) is 1.48. The maximum Gasteiger partial charge on any atom is 0.339 e. The van der Waals surface area contributed by atoms with Crippen molar-refractivity contribution < 1.29 is 19.0 Å². The second-order valence-electron chi connectivity index (χ2n) is 4.96. The number of carbonyl (C=O) groups excluding carboxylic acids is 1. The van der Waals surface area contributed by atoms with Crippen molar-refractivity contribution in [3.63, 3.8) is 0 Å². The van der Waals surface area contributed by atoms with Crippen LogP contribution in [-0.2, 0) is 11.3 Å². The van der Waals surface area contributed by atoms with Crippen LogP contribution in [0.2, 0.25) is 5.02 Å². The molecule has 0 amide bonds. The van der Waals surface area contributed by atoms with Crippen molar-refractivity contribution in [2.24, 2.45) is 0 Å². The fourth-order valence-corrected chi connectivity index (χ4v) is 2.04. The quantitative estimate of drug-likeness (QED) is 0.740. The first-order valence-electron chi connectivity index (χ1n) is 7.19. The molecule has 0 bridgehead atoms. The highest BCUT2D eigenvalue weighted by Gasteiger charge is 2.15.